The van der Waals surface area contributed by atoms with Gasteiger partial charge in [0.1, 0.15) is 5.75 Å². The van der Waals surface area contributed by atoms with Gasteiger partial charge < -0.3 is 4.74 Å². The van der Waals surface area contributed by atoms with Gasteiger partial charge in [-0.25, -0.2) is 10.4 Å². The molecule has 1 aromatic carbocycles. The Morgan fingerprint density at radius 3 is 2.72 bits per heavy atom. The van der Waals surface area contributed by atoms with E-state index in [9.17, 15) is 0 Å². The molecule has 1 aromatic heterocycles. The lowest BCUT2D eigenvalue weighted by Gasteiger charge is -2.14. The predicted octanol–water partition coefficient (Wildman–Crippen LogP) is 2.48. The number of thiazole rings is 1. The zero-order valence-corrected chi connectivity index (χ0v) is 11.1. The van der Waals surface area contributed by atoms with Crippen molar-refractivity contribution in [2.45, 2.75) is 19.4 Å². The lowest BCUT2D eigenvalue weighted by atomic mass is 10.1. The number of hydrazine groups is 1. The summed E-state index contributed by atoms with van der Waals surface area (Å²) in [5.41, 5.74) is 6.60. The van der Waals surface area contributed by atoms with Crippen molar-refractivity contribution < 1.29 is 4.74 Å². The molecule has 0 saturated heterocycles. The smallest absolute Gasteiger partial charge is 0.119 e. The molecule has 0 saturated carbocycles. The minimum absolute atomic E-state index is 0.0727. The van der Waals surface area contributed by atoms with Crippen LogP contribution in [0.1, 0.15) is 30.6 Å². The first kappa shape index (κ1) is 13.0. The Labute approximate surface area is 111 Å². The van der Waals surface area contributed by atoms with Crippen LogP contribution >= 0.6 is 11.3 Å². The summed E-state index contributed by atoms with van der Waals surface area (Å²) in [6.45, 7) is 2.83. The van der Waals surface area contributed by atoms with Gasteiger partial charge >= 0.3 is 0 Å². The van der Waals surface area contributed by atoms with Crippen LogP contribution in [0.2, 0.25) is 0 Å². The van der Waals surface area contributed by atoms with Gasteiger partial charge in [0.05, 0.1) is 23.9 Å². The number of hydrogen-bond acceptors (Lipinski definition) is 5. The van der Waals surface area contributed by atoms with Crippen LogP contribution < -0.4 is 16.0 Å². The maximum Gasteiger partial charge on any atom is 0.119 e. The molecule has 2 aromatic rings. The largest absolute Gasteiger partial charge is 0.494 e. The molecule has 1 atom stereocenters. The number of ether oxygens (including phenoxy) is 1. The van der Waals surface area contributed by atoms with Gasteiger partial charge in [0, 0.05) is 5.38 Å². The molecule has 96 valence electrons. The molecular formula is C13H17N3OS. The van der Waals surface area contributed by atoms with E-state index in [2.05, 4.69) is 17.3 Å². The Bertz CT molecular complexity index is 456. The average molecular weight is 263 g/mol. The molecule has 1 heterocycles. The van der Waals surface area contributed by atoms with E-state index < -0.39 is 0 Å². The number of benzene rings is 1. The Kier molecular flexibility index (Phi) is 4.69. The molecule has 0 aliphatic carbocycles. The summed E-state index contributed by atoms with van der Waals surface area (Å²) >= 11 is 1.56. The Balaban J connectivity index is 2.12. The number of hydrogen-bond donors (Lipinski definition) is 2. The fourth-order valence-corrected chi connectivity index (χ4v) is 2.27. The first-order valence-electron chi connectivity index (χ1n) is 5.92. The van der Waals surface area contributed by atoms with Crippen LogP contribution in [0.5, 0.6) is 5.75 Å². The number of nitrogens with zero attached hydrogens (tertiary/aromatic N) is 1. The molecule has 2 rings (SSSR count). The highest BCUT2D eigenvalue weighted by atomic mass is 32.1. The van der Waals surface area contributed by atoms with Gasteiger partial charge in [-0.2, -0.15) is 0 Å². The second-order valence-electron chi connectivity index (χ2n) is 3.93. The van der Waals surface area contributed by atoms with Crippen LogP contribution in [-0.4, -0.2) is 11.6 Å². The zero-order valence-electron chi connectivity index (χ0n) is 10.3. The van der Waals surface area contributed by atoms with Crippen molar-refractivity contribution in [3.63, 3.8) is 0 Å². The molecular weight excluding hydrogens is 246 g/mol. The highest BCUT2D eigenvalue weighted by Gasteiger charge is 2.13. The summed E-state index contributed by atoms with van der Waals surface area (Å²) in [4.78, 5) is 4.28. The third kappa shape index (κ3) is 3.07. The van der Waals surface area contributed by atoms with Crippen LogP contribution in [0.15, 0.2) is 35.2 Å². The van der Waals surface area contributed by atoms with E-state index in [1.165, 1.54) is 0 Å². The van der Waals surface area contributed by atoms with Crippen molar-refractivity contribution in [1.29, 1.82) is 0 Å². The van der Waals surface area contributed by atoms with Crippen molar-refractivity contribution in [3.05, 3.63) is 46.4 Å². The van der Waals surface area contributed by atoms with Gasteiger partial charge in [-0.1, -0.05) is 19.1 Å². The van der Waals surface area contributed by atoms with E-state index in [1.54, 1.807) is 16.8 Å². The van der Waals surface area contributed by atoms with Crippen molar-refractivity contribution in [2.24, 2.45) is 5.84 Å². The van der Waals surface area contributed by atoms with Gasteiger partial charge in [0.25, 0.3) is 0 Å². The van der Waals surface area contributed by atoms with E-state index >= 15 is 0 Å². The van der Waals surface area contributed by atoms with Crippen LogP contribution in [0.25, 0.3) is 0 Å². The van der Waals surface area contributed by atoms with Crippen LogP contribution in [0.3, 0.4) is 0 Å². The van der Waals surface area contributed by atoms with Crippen LogP contribution in [-0.2, 0) is 0 Å². The summed E-state index contributed by atoms with van der Waals surface area (Å²) < 4.78 is 5.55. The van der Waals surface area contributed by atoms with Crippen molar-refractivity contribution in [1.82, 2.24) is 10.4 Å². The van der Waals surface area contributed by atoms with E-state index in [0.29, 0.717) is 0 Å². The minimum Gasteiger partial charge on any atom is -0.494 e. The van der Waals surface area contributed by atoms with Gasteiger partial charge in [-0.3, -0.25) is 5.84 Å². The van der Waals surface area contributed by atoms with E-state index in [1.807, 2.05) is 29.6 Å². The molecule has 0 bridgehead atoms. The molecule has 0 fully saturated rings. The van der Waals surface area contributed by atoms with Crippen LogP contribution in [0, 0.1) is 0 Å². The molecule has 0 amide bonds. The van der Waals surface area contributed by atoms with Crippen molar-refractivity contribution >= 4 is 11.3 Å². The number of aromatic nitrogens is 1. The highest BCUT2D eigenvalue weighted by Crippen LogP contribution is 2.23. The number of nitrogens with two attached hydrogens (primary N) is 1. The molecule has 0 spiro atoms. The van der Waals surface area contributed by atoms with Gasteiger partial charge in [0.2, 0.25) is 0 Å². The fraction of sp³-hybridized carbons (Fsp3) is 0.308. The third-order valence-electron chi connectivity index (χ3n) is 2.60. The molecule has 5 heteroatoms. The second kappa shape index (κ2) is 6.49. The highest BCUT2D eigenvalue weighted by molar-refractivity contribution is 7.07. The third-order valence-corrected chi connectivity index (χ3v) is 3.20. The Morgan fingerprint density at radius 2 is 2.17 bits per heavy atom. The Hall–Kier alpha value is -1.43. The molecule has 18 heavy (non-hydrogen) atoms. The van der Waals surface area contributed by atoms with Crippen molar-refractivity contribution in [3.8, 4) is 5.75 Å². The second-order valence-corrected chi connectivity index (χ2v) is 4.65. The summed E-state index contributed by atoms with van der Waals surface area (Å²) in [5.74, 6) is 6.48. The number of nitrogens with one attached hydrogen (secondary N) is 1. The van der Waals surface area contributed by atoms with Crippen LogP contribution in [0.4, 0.5) is 0 Å². The fourth-order valence-electron chi connectivity index (χ4n) is 1.69. The average Bonchev–Trinajstić information content (AvgIpc) is 2.93. The topological polar surface area (TPSA) is 60.2 Å². The monoisotopic (exact) mass is 263 g/mol. The maximum atomic E-state index is 5.60. The maximum absolute atomic E-state index is 5.60. The quantitative estimate of drug-likeness (QED) is 0.621. The molecule has 0 aliphatic rings. The lowest BCUT2D eigenvalue weighted by molar-refractivity contribution is 0.317. The van der Waals surface area contributed by atoms with Gasteiger partial charge in [0.15, 0.2) is 0 Å². The van der Waals surface area contributed by atoms with E-state index in [-0.39, 0.29) is 6.04 Å². The van der Waals surface area contributed by atoms with Gasteiger partial charge in [-0.05, 0) is 24.1 Å². The molecule has 0 aliphatic heterocycles. The summed E-state index contributed by atoms with van der Waals surface area (Å²) in [6.07, 6.45) is 1.01. The van der Waals surface area contributed by atoms with Crippen molar-refractivity contribution in [2.75, 3.05) is 6.61 Å². The Morgan fingerprint density at radius 1 is 1.39 bits per heavy atom. The first-order chi connectivity index (χ1) is 8.85. The molecule has 4 nitrogen and oxygen atoms in total. The SMILES string of the molecule is CCCOc1ccc(C(NN)c2cscn2)cc1. The molecule has 0 radical (unpaired) electrons. The normalized spacial score (nSPS) is 12.3. The summed E-state index contributed by atoms with van der Waals surface area (Å²) in [7, 11) is 0. The first-order valence-corrected chi connectivity index (χ1v) is 6.86. The van der Waals surface area contributed by atoms with Gasteiger partial charge in [-0.15, -0.1) is 11.3 Å². The molecule has 3 N–H and O–H groups in total. The zero-order chi connectivity index (χ0) is 12.8. The molecule has 1 unspecified atom stereocenters. The summed E-state index contributed by atoms with van der Waals surface area (Å²) in [5, 5.41) is 1.99. The van der Waals surface area contributed by atoms with E-state index in [4.69, 9.17) is 10.6 Å². The van der Waals surface area contributed by atoms with E-state index in [0.717, 1.165) is 30.0 Å². The summed E-state index contributed by atoms with van der Waals surface area (Å²) in [6, 6.07) is 7.86. The minimum atomic E-state index is -0.0727. The number of rotatable bonds is 6. The lowest BCUT2D eigenvalue weighted by Crippen LogP contribution is -2.29. The predicted molar refractivity (Wildman–Crippen MR) is 73.5 cm³/mol. The standard InChI is InChI=1S/C13H17N3OS/c1-2-7-17-11-5-3-10(4-6-11)13(16-14)12-8-18-9-15-12/h3-6,8-9,13,16H,2,7,14H2,1H3.